The monoisotopic (exact) mass is 385 g/mol. The molecule has 2 aromatic heterocycles. The molecular formula is C20H20ClN3O3. The Balaban J connectivity index is 1.91. The zero-order valence-electron chi connectivity index (χ0n) is 15.2. The number of ether oxygens (including phenoxy) is 1. The van der Waals surface area contributed by atoms with E-state index in [9.17, 15) is 4.79 Å². The SMILES string of the molecule is CCCOC(=O)c1cnc(Cl)nc1-c1cn(OC)c2c(C3CC3)cccc12. The second-order valence-electron chi connectivity index (χ2n) is 6.61. The van der Waals surface area contributed by atoms with Crippen molar-refractivity contribution >= 4 is 28.5 Å². The Kier molecular flexibility index (Phi) is 4.74. The lowest BCUT2D eigenvalue weighted by atomic mass is 10.0. The summed E-state index contributed by atoms with van der Waals surface area (Å²) in [4.78, 5) is 26.4. The molecule has 3 aromatic rings. The highest BCUT2D eigenvalue weighted by atomic mass is 35.5. The van der Waals surface area contributed by atoms with E-state index in [1.54, 1.807) is 11.8 Å². The van der Waals surface area contributed by atoms with Gasteiger partial charge in [-0.25, -0.2) is 14.8 Å². The van der Waals surface area contributed by atoms with Crippen molar-refractivity contribution in [3.05, 3.63) is 47.0 Å². The van der Waals surface area contributed by atoms with Crippen LogP contribution in [-0.2, 0) is 4.74 Å². The molecule has 0 unspecified atom stereocenters. The molecule has 1 aliphatic carbocycles. The van der Waals surface area contributed by atoms with Gasteiger partial charge in [0.1, 0.15) is 12.7 Å². The van der Waals surface area contributed by atoms with Gasteiger partial charge in [0.2, 0.25) is 5.28 Å². The number of aromatic nitrogens is 3. The van der Waals surface area contributed by atoms with Crippen molar-refractivity contribution in [1.29, 1.82) is 0 Å². The summed E-state index contributed by atoms with van der Waals surface area (Å²) in [7, 11) is 1.62. The fourth-order valence-electron chi connectivity index (χ4n) is 3.32. The number of carbonyl (C=O) groups is 1. The van der Waals surface area contributed by atoms with Crippen LogP contribution in [-0.4, -0.2) is 34.4 Å². The highest BCUT2D eigenvalue weighted by Crippen LogP contribution is 2.45. The minimum Gasteiger partial charge on any atom is -0.462 e. The van der Waals surface area contributed by atoms with Crippen LogP contribution in [0.1, 0.15) is 48.0 Å². The summed E-state index contributed by atoms with van der Waals surface area (Å²) in [5.74, 6) is 0.0912. The number of fused-ring (bicyclic) bond motifs is 1. The Morgan fingerprint density at radius 1 is 1.37 bits per heavy atom. The number of para-hydroxylation sites is 1. The average molecular weight is 386 g/mol. The summed E-state index contributed by atoms with van der Waals surface area (Å²) >= 11 is 6.05. The maximum absolute atomic E-state index is 12.5. The van der Waals surface area contributed by atoms with E-state index in [-0.39, 0.29) is 5.28 Å². The van der Waals surface area contributed by atoms with Gasteiger partial charge in [-0.2, -0.15) is 4.73 Å². The summed E-state index contributed by atoms with van der Waals surface area (Å²) < 4.78 is 7.03. The first-order chi connectivity index (χ1) is 13.1. The number of benzene rings is 1. The number of hydrogen-bond donors (Lipinski definition) is 0. The van der Waals surface area contributed by atoms with Gasteiger partial charge in [-0.15, -0.1) is 0 Å². The number of nitrogens with zero attached hydrogens (tertiary/aromatic N) is 3. The molecule has 0 N–H and O–H groups in total. The van der Waals surface area contributed by atoms with Gasteiger partial charge in [-0.3, -0.25) is 0 Å². The molecule has 0 aliphatic heterocycles. The van der Waals surface area contributed by atoms with Gasteiger partial charge in [-0.05, 0) is 42.3 Å². The summed E-state index contributed by atoms with van der Waals surface area (Å²) in [6.45, 7) is 2.28. The number of rotatable bonds is 6. The molecule has 2 heterocycles. The number of halogens is 1. The molecule has 1 fully saturated rings. The summed E-state index contributed by atoms with van der Waals surface area (Å²) in [5.41, 5.74) is 3.75. The van der Waals surface area contributed by atoms with Crippen molar-refractivity contribution in [1.82, 2.24) is 14.7 Å². The van der Waals surface area contributed by atoms with E-state index in [2.05, 4.69) is 16.0 Å². The predicted octanol–water partition coefficient (Wildman–Crippen LogP) is 4.25. The van der Waals surface area contributed by atoms with Crippen LogP contribution >= 0.6 is 11.6 Å². The predicted molar refractivity (Wildman–Crippen MR) is 103 cm³/mol. The highest BCUT2D eigenvalue weighted by molar-refractivity contribution is 6.28. The quantitative estimate of drug-likeness (QED) is 0.468. The molecule has 27 heavy (non-hydrogen) atoms. The third-order valence-electron chi connectivity index (χ3n) is 4.71. The van der Waals surface area contributed by atoms with Crippen LogP contribution in [0.4, 0.5) is 0 Å². The molecule has 0 atom stereocenters. The van der Waals surface area contributed by atoms with E-state index in [4.69, 9.17) is 21.2 Å². The van der Waals surface area contributed by atoms with Gasteiger partial charge in [0.15, 0.2) is 0 Å². The molecule has 4 rings (SSSR count). The zero-order valence-corrected chi connectivity index (χ0v) is 16.0. The molecular weight excluding hydrogens is 366 g/mol. The maximum Gasteiger partial charge on any atom is 0.341 e. The van der Waals surface area contributed by atoms with Crippen LogP contribution in [0.25, 0.3) is 22.2 Å². The molecule has 0 saturated heterocycles. The maximum atomic E-state index is 12.5. The van der Waals surface area contributed by atoms with Crippen LogP contribution in [0.15, 0.2) is 30.6 Å². The summed E-state index contributed by atoms with van der Waals surface area (Å²) in [6.07, 6.45) is 6.35. The van der Waals surface area contributed by atoms with Crippen molar-refractivity contribution in [3.8, 4) is 11.3 Å². The van der Waals surface area contributed by atoms with Gasteiger partial charge in [0.25, 0.3) is 0 Å². The van der Waals surface area contributed by atoms with E-state index in [1.807, 2.05) is 25.3 Å². The second-order valence-corrected chi connectivity index (χ2v) is 6.94. The Morgan fingerprint density at radius 3 is 2.89 bits per heavy atom. The molecule has 0 amide bonds. The first kappa shape index (κ1) is 17.8. The second kappa shape index (κ2) is 7.19. The van der Waals surface area contributed by atoms with Crippen molar-refractivity contribution in [2.24, 2.45) is 0 Å². The van der Waals surface area contributed by atoms with Crippen molar-refractivity contribution in [3.63, 3.8) is 0 Å². The van der Waals surface area contributed by atoms with Crippen LogP contribution in [0.2, 0.25) is 5.28 Å². The lowest BCUT2D eigenvalue weighted by molar-refractivity contribution is 0.0505. The number of carbonyl (C=O) groups excluding carboxylic acids is 1. The molecule has 140 valence electrons. The average Bonchev–Trinajstić information content (AvgIpc) is 3.46. The van der Waals surface area contributed by atoms with Crippen LogP contribution in [0, 0.1) is 0 Å². The Hall–Kier alpha value is -2.60. The molecule has 0 radical (unpaired) electrons. The van der Waals surface area contributed by atoms with Gasteiger partial charge < -0.3 is 9.57 Å². The summed E-state index contributed by atoms with van der Waals surface area (Å²) in [6, 6.07) is 6.16. The van der Waals surface area contributed by atoms with Gasteiger partial charge >= 0.3 is 5.97 Å². The highest BCUT2D eigenvalue weighted by Gasteiger charge is 2.29. The normalized spacial score (nSPS) is 13.7. The number of hydrogen-bond acceptors (Lipinski definition) is 5. The molecule has 6 nitrogen and oxygen atoms in total. The van der Waals surface area contributed by atoms with Crippen molar-refractivity contribution < 1.29 is 14.4 Å². The zero-order chi connectivity index (χ0) is 19.0. The van der Waals surface area contributed by atoms with Crippen LogP contribution in [0.3, 0.4) is 0 Å². The van der Waals surface area contributed by atoms with E-state index in [1.165, 1.54) is 24.6 Å². The topological polar surface area (TPSA) is 66.2 Å². The smallest absolute Gasteiger partial charge is 0.341 e. The molecule has 7 heteroatoms. The third kappa shape index (κ3) is 3.25. The van der Waals surface area contributed by atoms with Crippen molar-refractivity contribution in [2.75, 3.05) is 13.7 Å². The number of esters is 1. The van der Waals surface area contributed by atoms with E-state index in [0.717, 1.165) is 22.9 Å². The van der Waals surface area contributed by atoms with Gasteiger partial charge in [0, 0.05) is 17.1 Å². The van der Waals surface area contributed by atoms with Crippen LogP contribution in [0.5, 0.6) is 0 Å². The van der Waals surface area contributed by atoms with Crippen LogP contribution < -0.4 is 4.84 Å². The van der Waals surface area contributed by atoms with Gasteiger partial charge in [0.05, 0.1) is 24.0 Å². The Morgan fingerprint density at radius 2 is 2.19 bits per heavy atom. The molecule has 1 aromatic carbocycles. The standard InChI is InChI=1S/C20H20ClN3O3/c1-3-9-27-19(25)15-10-22-20(21)23-17(15)16-11-24(26-2)18-13(12-7-8-12)5-4-6-14(16)18/h4-6,10-12H,3,7-9H2,1-2H3. The molecule has 0 bridgehead atoms. The molecule has 1 saturated carbocycles. The Labute approximate surface area is 162 Å². The van der Waals surface area contributed by atoms with E-state index < -0.39 is 5.97 Å². The van der Waals surface area contributed by atoms with Crippen molar-refractivity contribution in [2.45, 2.75) is 32.1 Å². The fraction of sp³-hybridized carbons (Fsp3) is 0.350. The lowest BCUT2D eigenvalue weighted by Crippen LogP contribution is -2.09. The molecule has 1 aliphatic rings. The lowest BCUT2D eigenvalue weighted by Gasteiger charge is -2.08. The molecule has 0 spiro atoms. The fourth-order valence-corrected chi connectivity index (χ4v) is 3.45. The summed E-state index contributed by atoms with van der Waals surface area (Å²) in [5, 5.41) is 1.04. The largest absolute Gasteiger partial charge is 0.462 e. The van der Waals surface area contributed by atoms with E-state index >= 15 is 0 Å². The van der Waals surface area contributed by atoms with Gasteiger partial charge in [-0.1, -0.05) is 25.1 Å². The first-order valence-electron chi connectivity index (χ1n) is 9.02. The minimum absolute atomic E-state index is 0.0775. The first-order valence-corrected chi connectivity index (χ1v) is 9.40. The van der Waals surface area contributed by atoms with E-state index in [0.29, 0.717) is 23.8 Å². The third-order valence-corrected chi connectivity index (χ3v) is 4.89. The Bertz CT molecular complexity index is 1010. The minimum atomic E-state index is -0.458.